The summed E-state index contributed by atoms with van der Waals surface area (Å²) in [6.45, 7) is 3.07. The van der Waals surface area contributed by atoms with Gasteiger partial charge in [-0.3, -0.25) is 14.9 Å². The Balaban J connectivity index is 4.63. The second-order valence-corrected chi connectivity index (χ2v) is 3.74. The fraction of sp³-hybridized carbons (Fsp3) is 0.800. The molecule has 0 aromatic heterocycles. The van der Waals surface area contributed by atoms with Crippen molar-refractivity contribution in [2.24, 2.45) is 0 Å². The van der Waals surface area contributed by atoms with Crippen molar-refractivity contribution >= 4 is 11.9 Å². The lowest BCUT2D eigenvalue weighted by molar-refractivity contribution is -0.524. The Morgan fingerprint density at radius 3 is 2.41 bits per heavy atom. The summed E-state index contributed by atoms with van der Waals surface area (Å²) in [4.78, 5) is 32.6. The number of nitrogens with zero attached hydrogens (tertiary/aromatic N) is 1. The molecule has 0 fully saturated rings. The summed E-state index contributed by atoms with van der Waals surface area (Å²) in [6, 6.07) is -1.81. The number of esters is 1. The summed E-state index contributed by atoms with van der Waals surface area (Å²) in [5.74, 6) is -1.08. The van der Waals surface area contributed by atoms with Gasteiger partial charge in [0.1, 0.15) is 6.04 Å². The maximum atomic E-state index is 11.4. The maximum Gasteiger partial charge on any atom is 0.328 e. The van der Waals surface area contributed by atoms with Crippen LogP contribution in [-0.4, -0.2) is 36.0 Å². The van der Waals surface area contributed by atoms with Gasteiger partial charge >= 0.3 is 5.97 Å². The van der Waals surface area contributed by atoms with Gasteiger partial charge in [-0.15, -0.1) is 0 Å². The van der Waals surface area contributed by atoms with E-state index < -0.39 is 28.9 Å². The first-order valence-electron chi connectivity index (χ1n) is 5.40. The second kappa shape index (κ2) is 7.59. The Bertz CT molecular complexity index is 292. The average molecular weight is 246 g/mol. The highest BCUT2D eigenvalue weighted by molar-refractivity contribution is 5.83. The Kier molecular flexibility index (Phi) is 6.85. The molecule has 0 saturated carbocycles. The summed E-state index contributed by atoms with van der Waals surface area (Å²) in [7, 11) is 1.18. The number of nitro groups is 1. The first-order valence-corrected chi connectivity index (χ1v) is 5.40. The van der Waals surface area contributed by atoms with Crippen molar-refractivity contribution in [2.75, 3.05) is 7.11 Å². The minimum Gasteiger partial charge on any atom is -0.467 e. The van der Waals surface area contributed by atoms with Crippen molar-refractivity contribution in [3.05, 3.63) is 10.1 Å². The van der Waals surface area contributed by atoms with E-state index in [1.54, 1.807) is 0 Å². The van der Waals surface area contributed by atoms with Gasteiger partial charge in [0.2, 0.25) is 11.9 Å². The van der Waals surface area contributed by atoms with Crippen LogP contribution >= 0.6 is 0 Å². The Morgan fingerprint density at radius 1 is 1.47 bits per heavy atom. The third-order valence-electron chi connectivity index (χ3n) is 2.29. The molecule has 1 N–H and O–H groups in total. The van der Waals surface area contributed by atoms with Gasteiger partial charge in [0.15, 0.2) is 0 Å². The maximum absolute atomic E-state index is 11.4. The average Bonchev–Trinajstić information content (AvgIpc) is 2.25. The molecule has 7 heteroatoms. The molecule has 0 saturated heterocycles. The SMILES string of the molecule is CCCC(CC(NC(C)=O)C(=O)OC)[N+](=O)[O-]. The second-order valence-electron chi connectivity index (χ2n) is 3.74. The van der Waals surface area contributed by atoms with E-state index in [2.05, 4.69) is 10.1 Å². The van der Waals surface area contributed by atoms with Gasteiger partial charge in [0, 0.05) is 24.7 Å². The molecule has 0 aliphatic rings. The molecule has 0 bridgehead atoms. The van der Waals surface area contributed by atoms with Crippen molar-refractivity contribution in [1.29, 1.82) is 0 Å². The lowest BCUT2D eigenvalue weighted by atomic mass is 10.0. The van der Waals surface area contributed by atoms with Crippen LogP contribution in [0.1, 0.15) is 33.1 Å². The van der Waals surface area contributed by atoms with E-state index in [0.717, 1.165) is 0 Å². The number of nitrogens with one attached hydrogen (secondary N) is 1. The molecule has 2 unspecified atom stereocenters. The van der Waals surface area contributed by atoms with Crippen molar-refractivity contribution < 1.29 is 19.2 Å². The minimum absolute atomic E-state index is 0.0485. The Labute approximate surface area is 99.7 Å². The summed E-state index contributed by atoms with van der Waals surface area (Å²) < 4.78 is 4.50. The van der Waals surface area contributed by atoms with Gasteiger partial charge in [-0.25, -0.2) is 4.79 Å². The van der Waals surface area contributed by atoms with Crippen LogP contribution in [0.5, 0.6) is 0 Å². The van der Waals surface area contributed by atoms with E-state index in [0.29, 0.717) is 12.8 Å². The highest BCUT2D eigenvalue weighted by atomic mass is 16.6. The van der Waals surface area contributed by atoms with Crippen LogP contribution in [0.15, 0.2) is 0 Å². The number of carbonyl (C=O) groups is 2. The van der Waals surface area contributed by atoms with Crippen LogP contribution < -0.4 is 5.32 Å². The zero-order valence-electron chi connectivity index (χ0n) is 10.3. The largest absolute Gasteiger partial charge is 0.467 e. The molecule has 17 heavy (non-hydrogen) atoms. The van der Waals surface area contributed by atoms with Crippen LogP contribution in [0.4, 0.5) is 0 Å². The number of amides is 1. The molecule has 0 heterocycles. The third-order valence-corrected chi connectivity index (χ3v) is 2.29. The molecule has 0 aromatic carbocycles. The lowest BCUT2D eigenvalue weighted by Crippen LogP contribution is -2.43. The molecule has 0 aromatic rings. The van der Waals surface area contributed by atoms with E-state index >= 15 is 0 Å². The molecule has 98 valence electrons. The molecule has 7 nitrogen and oxygen atoms in total. The van der Waals surface area contributed by atoms with Crippen molar-refractivity contribution in [1.82, 2.24) is 5.32 Å². The molecular formula is C10H18N2O5. The van der Waals surface area contributed by atoms with Gasteiger partial charge < -0.3 is 10.1 Å². The van der Waals surface area contributed by atoms with Gasteiger partial charge in [-0.1, -0.05) is 6.92 Å². The van der Waals surface area contributed by atoms with Gasteiger partial charge in [0.25, 0.3) is 0 Å². The number of ether oxygens (including phenoxy) is 1. The summed E-state index contributed by atoms with van der Waals surface area (Å²) in [5, 5.41) is 13.1. The van der Waals surface area contributed by atoms with Gasteiger partial charge in [0.05, 0.1) is 7.11 Å². The quantitative estimate of drug-likeness (QED) is 0.400. The van der Waals surface area contributed by atoms with Crippen molar-refractivity contribution in [3.63, 3.8) is 0 Å². The van der Waals surface area contributed by atoms with Crippen LogP contribution in [0.25, 0.3) is 0 Å². The predicted octanol–water partition coefficient (Wildman–Crippen LogP) is 0.500. The predicted molar refractivity (Wildman–Crippen MR) is 59.9 cm³/mol. The monoisotopic (exact) mass is 246 g/mol. The van der Waals surface area contributed by atoms with Crippen LogP contribution in [-0.2, 0) is 14.3 Å². The summed E-state index contributed by atoms with van der Waals surface area (Å²) in [5.41, 5.74) is 0. The molecular weight excluding hydrogens is 228 g/mol. The smallest absolute Gasteiger partial charge is 0.328 e. The zero-order valence-corrected chi connectivity index (χ0v) is 10.3. The normalized spacial score (nSPS) is 13.6. The minimum atomic E-state index is -0.959. The Morgan fingerprint density at radius 2 is 2.06 bits per heavy atom. The first-order chi connectivity index (χ1) is 7.92. The lowest BCUT2D eigenvalue weighted by Gasteiger charge is -2.17. The molecule has 0 aliphatic carbocycles. The first kappa shape index (κ1) is 15.3. The van der Waals surface area contributed by atoms with Gasteiger partial charge in [-0.05, 0) is 6.42 Å². The number of hydrogen-bond acceptors (Lipinski definition) is 5. The molecule has 2 atom stereocenters. The van der Waals surface area contributed by atoms with Crippen LogP contribution in [0, 0.1) is 10.1 Å². The fourth-order valence-electron chi connectivity index (χ4n) is 1.52. The zero-order chi connectivity index (χ0) is 13.4. The van der Waals surface area contributed by atoms with Crippen molar-refractivity contribution in [2.45, 2.75) is 45.2 Å². The number of hydrogen-bond donors (Lipinski definition) is 1. The molecule has 0 rings (SSSR count). The van der Waals surface area contributed by atoms with E-state index in [4.69, 9.17) is 0 Å². The van der Waals surface area contributed by atoms with Gasteiger partial charge in [-0.2, -0.15) is 0 Å². The van der Waals surface area contributed by atoms with E-state index in [9.17, 15) is 19.7 Å². The highest BCUT2D eigenvalue weighted by Gasteiger charge is 2.30. The standard InChI is InChI=1S/C10H18N2O5/c1-4-5-8(12(15)16)6-9(10(14)17-3)11-7(2)13/h8-9H,4-6H2,1-3H3,(H,11,13). The Hall–Kier alpha value is -1.66. The summed E-state index contributed by atoms with van der Waals surface area (Å²) >= 11 is 0. The topological polar surface area (TPSA) is 98.5 Å². The van der Waals surface area contributed by atoms with E-state index in [1.165, 1.54) is 14.0 Å². The number of rotatable bonds is 7. The van der Waals surface area contributed by atoms with E-state index in [1.807, 2.05) is 6.92 Å². The van der Waals surface area contributed by atoms with Crippen LogP contribution in [0.2, 0.25) is 0 Å². The van der Waals surface area contributed by atoms with Crippen molar-refractivity contribution in [3.8, 4) is 0 Å². The van der Waals surface area contributed by atoms with E-state index in [-0.39, 0.29) is 6.42 Å². The van der Waals surface area contributed by atoms with Crippen LogP contribution in [0.3, 0.4) is 0 Å². The fourth-order valence-corrected chi connectivity index (χ4v) is 1.52. The highest BCUT2D eigenvalue weighted by Crippen LogP contribution is 2.10. The molecule has 0 aliphatic heterocycles. The molecule has 0 radical (unpaired) electrons. The number of carbonyl (C=O) groups excluding carboxylic acids is 2. The number of methoxy groups -OCH3 is 1. The molecule has 1 amide bonds. The molecule has 0 spiro atoms. The third kappa shape index (κ3) is 5.84. The summed E-state index contributed by atoms with van der Waals surface area (Å²) in [6.07, 6.45) is 0.951.